The van der Waals surface area contributed by atoms with Crippen LogP contribution in [0.3, 0.4) is 0 Å². The maximum absolute atomic E-state index is 13.2. The van der Waals surface area contributed by atoms with Crippen molar-refractivity contribution in [2.45, 2.75) is 13.0 Å². The van der Waals surface area contributed by atoms with Crippen LogP contribution in [0.25, 0.3) is 0 Å². The number of hydrogen-bond donors (Lipinski definition) is 2. The van der Waals surface area contributed by atoms with Crippen molar-refractivity contribution in [2.24, 2.45) is 0 Å². The molecule has 3 rings (SSSR count). The molecule has 0 radical (unpaired) electrons. The lowest BCUT2D eigenvalue weighted by Gasteiger charge is -2.24. The Labute approximate surface area is 181 Å². The van der Waals surface area contributed by atoms with E-state index in [1.54, 1.807) is 19.2 Å². The van der Waals surface area contributed by atoms with Crippen LogP contribution in [0, 0.1) is 0 Å². The number of halogens is 1. The summed E-state index contributed by atoms with van der Waals surface area (Å²) in [4.78, 5) is 42.2. The molecule has 30 heavy (non-hydrogen) atoms. The molecular weight excluding hydrogens is 428 g/mol. The fourth-order valence-corrected chi connectivity index (χ4v) is 4.00. The van der Waals surface area contributed by atoms with E-state index in [1.165, 1.54) is 9.47 Å². The Hall–Kier alpha value is -2.88. The second-order valence-electron chi connectivity index (χ2n) is 6.47. The van der Waals surface area contributed by atoms with Crippen LogP contribution in [0.1, 0.15) is 21.7 Å². The number of nitrogens with one attached hydrogen (secondary N) is 1. The molecule has 2 aromatic heterocycles. The first-order valence-electron chi connectivity index (χ1n) is 9.15. The van der Waals surface area contributed by atoms with Gasteiger partial charge in [-0.1, -0.05) is 41.9 Å². The van der Waals surface area contributed by atoms with Crippen molar-refractivity contribution in [2.75, 3.05) is 30.9 Å². The minimum absolute atomic E-state index is 0.0730. The van der Waals surface area contributed by atoms with E-state index < -0.39 is 17.2 Å². The number of aromatic nitrogens is 2. The number of amides is 1. The number of nitrogen functional groups attached to an aromatic ring is 1. The number of methoxy groups -OCH3 is 1. The summed E-state index contributed by atoms with van der Waals surface area (Å²) in [6.45, 7) is 0.718. The summed E-state index contributed by atoms with van der Waals surface area (Å²) < 4.78 is 6.76. The first kappa shape index (κ1) is 21.8. The van der Waals surface area contributed by atoms with E-state index in [1.807, 2.05) is 30.3 Å². The molecule has 3 N–H and O–H groups in total. The minimum Gasteiger partial charge on any atom is -0.385 e. The number of H-pyrrole nitrogens is 1. The number of rotatable bonds is 8. The molecule has 3 aromatic rings. The standard InChI is InChI=1S/C20H21ClN4O4S/c1-29-11-5-10-24(19(27)14-8-9-15(21)30-14)16-17(22)25(20(28)23-18(16)26)12-13-6-3-2-4-7-13/h2-4,6-9H,5,10-12,22H2,1H3,(H,23,26,28). The monoisotopic (exact) mass is 448 g/mol. The Morgan fingerprint density at radius 1 is 1.23 bits per heavy atom. The van der Waals surface area contributed by atoms with Gasteiger partial charge in [0.15, 0.2) is 5.69 Å². The summed E-state index contributed by atoms with van der Waals surface area (Å²) in [6, 6.07) is 12.4. The van der Waals surface area contributed by atoms with Gasteiger partial charge in [-0.25, -0.2) is 4.79 Å². The van der Waals surface area contributed by atoms with Crippen LogP contribution in [-0.2, 0) is 11.3 Å². The summed E-state index contributed by atoms with van der Waals surface area (Å²) >= 11 is 7.07. The second kappa shape index (κ2) is 9.75. The normalized spacial score (nSPS) is 10.9. The van der Waals surface area contributed by atoms with Gasteiger partial charge in [-0.15, -0.1) is 11.3 Å². The maximum Gasteiger partial charge on any atom is 0.330 e. The van der Waals surface area contributed by atoms with Crippen molar-refractivity contribution >= 4 is 40.4 Å². The smallest absolute Gasteiger partial charge is 0.330 e. The third-order valence-electron chi connectivity index (χ3n) is 4.43. The molecule has 0 aliphatic rings. The molecule has 8 nitrogen and oxygen atoms in total. The number of aromatic amines is 1. The second-order valence-corrected chi connectivity index (χ2v) is 8.19. The van der Waals surface area contributed by atoms with Gasteiger partial charge >= 0.3 is 5.69 Å². The lowest BCUT2D eigenvalue weighted by molar-refractivity contribution is 0.0987. The number of carbonyl (C=O) groups excluding carboxylic acids is 1. The van der Waals surface area contributed by atoms with Gasteiger partial charge in [0.25, 0.3) is 11.5 Å². The highest BCUT2D eigenvalue weighted by atomic mass is 35.5. The number of nitrogens with two attached hydrogens (primary N) is 1. The van der Waals surface area contributed by atoms with Crippen molar-refractivity contribution in [3.8, 4) is 0 Å². The maximum atomic E-state index is 13.2. The van der Waals surface area contributed by atoms with E-state index in [0.29, 0.717) is 22.2 Å². The van der Waals surface area contributed by atoms with Crippen molar-refractivity contribution < 1.29 is 9.53 Å². The fourth-order valence-electron chi connectivity index (χ4n) is 3.01. The molecule has 158 valence electrons. The van der Waals surface area contributed by atoms with E-state index in [9.17, 15) is 14.4 Å². The molecule has 0 aliphatic heterocycles. The van der Waals surface area contributed by atoms with E-state index in [0.717, 1.165) is 16.9 Å². The fraction of sp³-hybridized carbons (Fsp3) is 0.250. The van der Waals surface area contributed by atoms with E-state index in [-0.39, 0.29) is 24.6 Å². The molecule has 0 bridgehead atoms. The van der Waals surface area contributed by atoms with Crippen LogP contribution in [0.15, 0.2) is 52.1 Å². The molecule has 0 aliphatic carbocycles. The average molecular weight is 449 g/mol. The zero-order chi connectivity index (χ0) is 21.7. The average Bonchev–Trinajstić information content (AvgIpc) is 3.16. The minimum atomic E-state index is -0.727. The Bertz CT molecular complexity index is 1140. The lowest BCUT2D eigenvalue weighted by Crippen LogP contribution is -2.41. The third kappa shape index (κ3) is 4.81. The zero-order valence-corrected chi connectivity index (χ0v) is 17.8. The number of ether oxygens (including phenoxy) is 1. The summed E-state index contributed by atoms with van der Waals surface area (Å²) in [7, 11) is 1.55. The largest absolute Gasteiger partial charge is 0.385 e. The van der Waals surface area contributed by atoms with Crippen molar-refractivity contribution in [1.82, 2.24) is 9.55 Å². The van der Waals surface area contributed by atoms with Crippen LogP contribution in [0.4, 0.5) is 11.5 Å². The molecule has 0 saturated heterocycles. The zero-order valence-electron chi connectivity index (χ0n) is 16.3. The van der Waals surface area contributed by atoms with Gasteiger partial charge in [-0.3, -0.25) is 24.0 Å². The first-order chi connectivity index (χ1) is 14.4. The third-order valence-corrected chi connectivity index (χ3v) is 5.65. The number of thiophene rings is 1. The van der Waals surface area contributed by atoms with E-state index in [2.05, 4.69) is 4.98 Å². The van der Waals surface area contributed by atoms with Crippen LogP contribution in [0.2, 0.25) is 4.34 Å². The Morgan fingerprint density at radius 2 is 1.97 bits per heavy atom. The van der Waals surface area contributed by atoms with Crippen LogP contribution in [0.5, 0.6) is 0 Å². The van der Waals surface area contributed by atoms with Crippen molar-refractivity contribution in [3.05, 3.63) is 78.1 Å². The molecule has 10 heteroatoms. The van der Waals surface area contributed by atoms with Crippen LogP contribution in [-0.4, -0.2) is 35.7 Å². The molecule has 0 atom stereocenters. The highest BCUT2D eigenvalue weighted by Gasteiger charge is 2.26. The number of hydrogen-bond acceptors (Lipinski definition) is 6. The molecular formula is C20H21ClN4O4S. The van der Waals surface area contributed by atoms with Gasteiger partial charge in [-0.05, 0) is 24.1 Å². The summed E-state index contributed by atoms with van der Waals surface area (Å²) in [5.74, 6) is -0.508. The number of benzene rings is 1. The molecule has 1 amide bonds. The van der Waals surface area contributed by atoms with Gasteiger partial charge in [-0.2, -0.15) is 0 Å². The van der Waals surface area contributed by atoms with Gasteiger partial charge in [0, 0.05) is 20.3 Å². The molecule has 0 saturated carbocycles. The van der Waals surface area contributed by atoms with Crippen LogP contribution >= 0.6 is 22.9 Å². The lowest BCUT2D eigenvalue weighted by atomic mass is 10.2. The number of anilines is 2. The summed E-state index contributed by atoms with van der Waals surface area (Å²) in [6.07, 6.45) is 0.470. The summed E-state index contributed by atoms with van der Waals surface area (Å²) in [5, 5.41) is 0. The first-order valence-corrected chi connectivity index (χ1v) is 10.3. The Morgan fingerprint density at radius 3 is 2.60 bits per heavy atom. The van der Waals surface area contributed by atoms with Crippen LogP contribution < -0.4 is 21.9 Å². The topological polar surface area (TPSA) is 110 Å². The number of nitrogens with zero attached hydrogens (tertiary/aromatic N) is 2. The predicted octanol–water partition coefficient (Wildman–Crippen LogP) is 2.57. The molecule has 0 fully saturated rings. The number of carbonyl (C=O) groups is 1. The van der Waals surface area contributed by atoms with Crippen molar-refractivity contribution in [1.29, 1.82) is 0 Å². The Balaban J connectivity index is 2.07. The molecule has 2 heterocycles. The Kier molecular flexibility index (Phi) is 7.09. The van der Waals surface area contributed by atoms with Gasteiger partial charge in [0.2, 0.25) is 0 Å². The SMILES string of the molecule is COCCCN(C(=O)c1ccc(Cl)s1)c1c(N)n(Cc2ccccc2)c(=O)[nH]c1=O. The van der Waals surface area contributed by atoms with Crippen molar-refractivity contribution in [3.63, 3.8) is 0 Å². The highest BCUT2D eigenvalue weighted by molar-refractivity contribution is 7.18. The molecule has 0 spiro atoms. The molecule has 0 unspecified atom stereocenters. The van der Waals surface area contributed by atoms with E-state index >= 15 is 0 Å². The predicted molar refractivity (Wildman–Crippen MR) is 119 cm³/mol. The van der Waals surface area contributed by atoms with Gasteiger partial charge < -0.3 is 10.5 Å². The van der Waals surface area contributed by atoms with E-state index in [4.69, 9.17) is 22.1 Å². The van der Waals surface area contributed by atoms with Gasteiger partial charge in [0.1, 0.15) is 5.82 Å². The quantitative estimate of drug-likeness (QED) is 0.514. The van der Waals surface area contributed by atoms with Gasteiger partial charge in [0.05, 0.1) is 15.8 Å². The highest BCUT2D eigenvalue weighted by Crippen LogP contribution is 2.26. The summed E-state index contributed by atoms with van der Waals surface area (Å²) in [5.41, 5.74) is 5.64. The molecule has 1 aromatic carbocycles.